The van der Waals surface area contributed by atoms with E-state index in [9.17, 15) is 15.2 Å². The number of anilines is 1. The molecule has 0 unspecified atom stereocenters. The van der Waals surface area contributed by atoms with Gasteiger partial charge < -0.3 is 15.3 Å². The smallest absolute Gasteiger partial charge is 0.266 e. The lowest BCUT2D eigenvalue weighted by molar-refractivity contribution is -0.125. The Hall–Kier alpha value is -3.00. The molecule has 0 aliphatic rings. The summed E-state index contributed by atoms with van der Waals surface area (Å²) < 4.78 is 0. The summed E-state index contributed by atoms with van der Waals surface area (Å²) in [6, 6.07) is 6.68. The van der Waals surface area contributed by atoms with Gasteiger partial charge in [-0.25, -0.2) is 0 Å². The molecule has 5 heteroatoms. The Labute approximate surface area is 130 Å². The van der Waals surface area contributed by atoms with Crippen molar-refractivity contribution in [2.75, 3.05) is 18.4 Å². The van der Waals surface area contributed by atoms with Gasteiger partial charge in [-0.05, 0) is 30.7 Å². The highest BCUT2D eigenvalue weighted by Crippen LogP contribution is 2.20. The number of nitrogens with one attached hydrogen (secondary N) is 1. The molecule has 0 atom stereocenters. The molecule has 0 saturated carbocycles. The molecule has 0 aromatic heterocycles. The number of benzene rings is 1. The van der Waals surface area contributed by atoms with Gasteiger partial charge in [-0.15, -0.1) is 13.2 Å². The zero-order valence-electron chi connectivity index (χ0n) is 12.5. The Morgan fingerprint density at radius 2 is 2.05 bits per heavy atom. The van der Waals surface area contributed by atoms with Crippen molar-refractivity contribution in [1.82, 2.24) is 4.90 Å². The first-order chi connectivity index (χ1) is 10.5. The van der Waals surface area contributed by atoms with Crippen LogP contribution in [0.15, 0.2) is 55.3 Å². The fourth-order valence-corrected chi connectivity index (χ4v) is 1.82. The van der Waals surface area contributed by atoms with Crippen LogP contribution < -0.4 is 5.32 Å². The van der Waals surface area contributed by atoms with Crippen LogP contribution in [0.3, 0.4) is 0 Å². The Morgan fingerprint density at radius 3 is 2.55 bits per heavy atom. The van der Waals surface area contributed by atoms with Crippen LogP contribution in [0.1, 0.15) is 5.56 Å². The monoisotopic (exact) mass is 297 g/mol. The maximum atomic E-state index is 12.3. The number of nitrogens with zero attached hydrogens (tertiary/aromatic N) is 2. The average molecular weight is 297 g/mol. The summed E-state index contributed by atoms with van der Waals surface area (Å²) in [6.07, 6.45) is 4.54. The minimum absolute atomic E-state index is 0.0174. The van der Waals surface area contributed by atoms with Crippen molar-refractivity contribution in [2.24, 2.45) is 0 Å². The predicted molar refractivity (Wildman–Crippen MR) is 87.1 cm³/mol. The van der Waals surface area contributed by atoms with Crippen LogP contribution in [0, 0.1) is 18.3 Å². The number of phenols is 1. The quantitative estimate of drug-likeness (QED) is 0.351. The predicted octanol–water partition coefficient (Wildman–Crippen LogP) is 2.72. The SMILES string of the molecule is C=CCN(CC=C)C(=O)/C(C#N)=C\Nc1ccc(O)cc1C. The van der Waals surface area contributed by atoms with Gasteiger partial charge in [0.15, 0.2) is 0 Å². The maximum Gasteiger partial charge on any atom is 0.266 e. The molecule has 0 heterocycles. The third kappa shape index (κ3) is 4.53. The standard InChI is InChI=1S/C17H19N3O2/c1-4-8-20(9-5-2)17(22)14(11-18)12-19-16-7-6-15(21)10-13(16)3/h4-7,10,12,19,21H,1-2,8-9H2,3H3/b14-12-. The summed E-state index contributed by atoms with van der Waals surface area (Å²) in [5.74, 6) is -0.238. The second-order valence-corrected chi connectivity index (χ2v) is 4.60. The number of aromatic hydroxyl groups is 1. The number of aryl methyl sites for hydroxylation is 1. The van der Waals surface area contributed by atoms with Crippen LogP contribution >= 0.6 is 0 Å². The Balaban J connectivity index is 2.94. The molecule has 0 aliphatic carbocycles. The third-order valence-electron chi connectivity index (χ3n) is 2.92. The minimum Gasteiger partial charge on any atom is -0.508 e. The van der Waals surface area contributed by atoms with E-state index >= 15 is 0 Å². The molecule has 0 radical (unpaired) electrons. The molecular formula is C17H19N3O2. The molecule has 5 nitrogen and oxygen atoms in total. The van der Waals surface area contributed by atoms with Crippen molar-refractivity contribution >= 4 is 11.6 Å². The number of hydrogen-bond acceptors (Lipinski definition) is 4. The maximum absolute atomic E-state index is 12.3. The van der Waals surface area contributed by atoms with Crippen LogP contribution in [0.2, 0.25) is 0 Å². The summed E-state index contributed by atoms with van der Waals surface area (Å²) >= 11 is 0. The van der Waals surface area contributed by atoms with Crippen LogP contribution in [0.4, 0.5) is 5.69 Å². The molecule has 114 valence electrons. The van der Waals surface area contributed by atoms with Crippen LogP contribution in [-0.4, -0.2) is 29.0 Å². The van der Waals surface area contributed by atoms with Gasteiger partial charge in [0.25, 0.3) is 5.91 Å². The Morgan fingerprint density at radius 1 is 1.41 bits per heavy atom. The first-order valence-electron chi connectivity index (χ1n) is 6.71. The summed E-state index contributed by atoms with van der Waals surface area (Å²) in [7, 11) is 0. The van der Waals surface area contributed by atoms with Gasteiger partial charge in [0, 0.05) is 25.0 Å². The summed E-state index contributed by atoms with van der Waals surface area (Å²) in [6.45, 7) is 9.67. The van der Waals surface area contributed by atoms with Crippen molar-refractivity contribution in [2.45, 2.75) is 6.92 Å². The number of phenolic OH excluding ortho intramolecular Hbond substituents is 1. The van der Waals surface area contributed by atoms with Crippen LogP contribution in [0.25, 0.3) is 0 Å². The van der Waals surface area contributed by atoms with Gasteiger partial charge in [-0.2, -0.15) is 5.26 Å². The number of carbonyl (C=O) groups is 1. The van der Waals surface area contributed by atoms with E-state index in [1.165, 1.54) is 17.2 Å². The van der Waals surface area contributed by atoms with E-state index in [4.69, 9.17) is 0 Å². The normalized spacial score (nSPS) is 10.5. The van der Waals surface area contributed by atoms with Crippen LogP contribution in [0.5, 0.6) is 5.75 Å². The first kappa shape index (κ1) is 17.1. The molecule has 2 N–H and O–H groups in total. The lowest BCUT2D eigenvalue weighted by Gasteiger charge is -2.18. The van der Waals surface area contributed by atoms with Crippen LogP contribution in [-0.2, 0) is 4.79 Å². The van der Waals surface area contributed by atoms with E-state index in [2.05, 4.69) is 18.5 Å². The van der Waals surface area contributed by atoms with Crippen molar-refractivity contribution in [3.8, 4) is 11.8 Å². The lowest BCUT2D eigenvalue weighted by Crippen LogP contribution is -2.32. The van der Waals surface area contributed by atoms with Crippen molar-refractivity contribution < 1.29 is 9.90 Å². The second kappa shape index (κ2) is 8.32. The van der Waals surface area contributed by atoms with Crippen molar-refractivity contribution in [1.29, 1.82) is 5.26 Å². The number of hydrogen-bond donors (Lipinski definition) is 2. The Bertz CT molecular complexity index is 632. The van der Waals surface area contributed by atoms with Gasteiger partial charge in [0.05, 0.1) is 0 Å². The van der Waals surface area contributed by atoms with E-state index in [0.29, 0.717) is 18.8 Å². The van der Waals surface area contributed by atoms with Crippen molar-refractivity contribution in [3.63, 3.8) is 0 Å². The summed E-state index contributed by atoms with van der Waals surface area (Å²) in [5.41, 5.74) is 1.49. The lowest BCUT2D eigenvalue weighted by atomic mass is 10.2. The zero-order chi connectivity index (χ0) is 16.5. The fourth-order valence-electron chi connectivity index (χ4n) is 1.82. The summed E-state index contributed by atoms with van der Waals surface area (Å²) in [4.78, 5) is 13.7. The summed E-state index contributed by atoms with van der Waals surface area (Å²) in [5, 5.41) is 21.5. The number of rotatable bonds is 7. The van der Waals surface area contributed by atoms with Gasteiger partial charge in [-0.3, -0.25) is 4.79 Å². The molecule has 0 fully saturated rings. The number of amides is 1. The minimum atomic E-state index is -0.397. The largest absolute Gasteiger partial charge is 0.508 e. The van der Waals surface area contributed by atoms with Gasteiger partial charge in [0.1, 0.15) is 17.4 Å². The van der Waals surface area contributed by atoms with Gasteiger partial charge in [-0.1, -0.05) is 12.2 Å². The molecular weight excluding hydrogens is 278 g/mol. The fraction of sp³-hybridized carbons (Fsp3) is 0.176. The number of nitriles is 1. The Kier molecular flexibility index (Phi) is 6.45. The molecule has 0 bridgehead atoms. The molecule has 22 heavy (non-hydrogen) atoms. The topological polar surface area (TPSA) is 76.4 Å². The highest BCUT2D eigenvalue weighted by molar-refractivity contribution is 5.97. The zero-order valence-corrected chi connectivity index (χ0v) is 12.5. The molecule has 0 spiro atoms. The van der Waals surface area contributed by atoms with E-state index in [1.54, 1.807) is 24.3 Å². The molecule has 1 rings (SSSR count). The van der Waals surface area contributed by atoms with E-state index in [1.807, 2.05) is 13.0 Å². The van der Waals surface area contributed by atoms with Gasteiger partial charge in [0.2, 0.25) is 0 Å². The molecule has 0 aliphatic heterocycles. The van der Waals surface area contributed by atoms with E-state index < -0.39 is 5.91 Å². The average Bonchev–Trinajstić information content (AvgIpc) is 2.49. The molecule has 1 aromatic rings. The number of carbonyl (C=O) groups excluding carboxylic acids is 1. The molecule has 1 aromatic carbocycles. The molecule has 0 saturated heterocycles. The third-order valence-corrected chi connectivity index (χ3v) is 2.92. The van der Waals surface area contributed by atoms with Crippen molar-refractivity contribution in [3.05, 3.63) is 60.8 Å². The molecule has 1 amide bonds. The van der Waals surface area contributed by atoms with Gasteiger partial charge >= 0.3 is 0 Å². The first-order valence-corrected chi connectivity index (χ1v) is 6.71. The van der Waals surface area contributed by atoms with E-state index in [-0.39, 0.29) is 11.3 Å². The van der Waals surface area contributed by atoms with E-state index in [0.717, 1.165) is 5.56 Å². The highest BCUT2D eigenvalue weighted by Gasteiger charge is 2.16. The highest BCUT2D eigenvalue weighted by atomic mass is 16.3. The second-order valence-electron chi connectivity index (χ2n) is 4.60.